The van der Waals surface area contributed by atoms with Gasteiger partial charge in [-0.2, -0.15) is 5.10 Å². The van der Waals surface area contributed by atoms with Crippen LogP contribution in [0.25, 0.3) is 0 Å². The molecular weight excluding hydrogens is 229 g/mol. The Labute approximate surface area is 106 Å². The second-order valence-electron chi connectivity index (χ2n) is 4.84. The first-order valence-electron chi connectivity index (χ1n) is 6.21. The number of rotatable bonds is 3. The molecule has 0 radical (unpaired) electrons. The number of halogens is 1. The van der Waals surface area contributed by atoms with Crippen molar-refractivity contribution in [1.29, 1.82) is 0 Å². The fourth-order valence-electron chi connectivity index (χ4n) is 2.60. The number of hydrogen-bond acceptors (Lipinski definition) is 2. The highest BCUT2D eigenvalue weighted by atomic mass is 19.1. The first-order valence-corrected chi connectivity index (χ1v) is 6.21. The van der Waals surface area contributed by atoms with E-state index in [0.717, 1.165) is 24.9 Å². The van der Waals surface area contributed by atoms with Crippen molar-refractivity contribution in [3.8, 4) is 0 Å². The molecule has 94 valence electrons. The largest absolute Gasteiger partial charge is 0.306 e. The van der Waals surface area contributed by atoms with Gasteiger partial charge < -0.3 is 5.32 Å². The summed E-state index contributed by atoms with van der Waals surface area (Å²) in [6, 6.07) is 5.43. The van der Waals surface area contributed by atoms with Crippen LogP contribution in [0.5, 0.6) is 0 Å². The Bertz CT molecular complexity index is 562. The minimum atomic E-state index is -0.137. The predicted octanol–water partition coefficient (Wildman–Crippen LogP) is 2.34. The van der Waals surface area contributed by atoms with Crippen LogP contribution >= 0.6 is 0 Å². The van der Waals surface area contributed by atoms with E-state index < -0.39 is 0 Å². The Kier molecular flexibility index (Phi) is 2.88. The van der Waals surface area contributed by atoms with Gasteiger partial charge in [0.25, 0.3) is 0 Å². The normalized spacial score (nSPS) is 18.0. The van der Waals surface area contributed by atoms with E-state index in [0.29, 0.717) is 6.04 Å². The first kappa shape index (κ1) is 11.4. The maximum absolute atomic E-state index is 13.1. The second kappa shape index (κ2) is 4.53. The standard InChI is InChI=1S/C14H16FN3/c1-18-9-10(8-17-18)7-16-14-5-2-11-6-12(15)3-4-13(11)14/h3-4,6,8-9,14,16H,2,5,7H2,1H3. The molecule has 0 spiro atoms. The molecule has 0 bridgehead atoms. The zero-order chi connectivity index (χ0) is 12.5. The summed E-state index contributed by atoms with van der Waals surface area (Å²) < 4.78 is 14.9. The Morgan fingerprint density at radius 3 is 3.17 bits per heavy atom. The average molecular weight is 245 g/mol. The van der Waals surface area contributed by atoms with Gasteiger partial charge in [0.15, 0.2) is 0 Å². The quantitative estimate of drug-likeness (QED) is 0.899. The molecule has 0 fully saturated rings. The van der Waals surface area contributed by atoms with E-state index in [1.165, 1.54) is 11.1 Å². The van der Waals surface area contributed by atoms with Crippen LogP contribution < -0.4 is 5.32 Å². The van der Waals surface area contributed by atoms with E-state index in [1.54, 1.807) is 16.8 Å². The molecule has 0 saturated carbocycles. The molecule has 4 heteroatoms. The summed E-state index contributed by atoms with van der Waals surface area (Å²) in [6.45, 7) is 0.801. The lowest BCUT2D eigenvalue weighted by Gasteiger charge is -2.13. The molecular formula is C14H16FN3. The molecule has 0 amide bonds. The van der Waals surface area contributed by atoms with Crippen molar-refractivity contribution in [1.82, 2.24) is 15.1 Å². The van der Waals surface area contributed by atoms with Gasteiger partial charge >= 0.3 is 0 Å². The molecule has 1 heterocycles. The van der Waals surface area contributed by atoms with Gasteiger partial charge in [0, 0.05) is 31.4 Å². The zero-order valence-corrected chi connectivity index (χ0v) is 10.4. The van der Waals surface area contributed by atoms with E-state index in [9.17, 15) is 4.39 Å². The monoisotopic (exact) mass is 245 g/mol. The van der Waals surface area contributed by atoms with Gasteiger partial charge in [-0.1, -0.05) is 6.07 Å². The van der Waals surface area contributed by atoms with E-state index >= 15 is 0 Å². The third-order valence-electron chi connectivity index (χ3n) is 3.49. The minimum Gasteiger partial charge on any atom is -0.306 e. The molecule has 1 atom stereocenters. The molecule has 1 aliphatic rings. The van der Waals surface area contributed by atoms with Crippen LogP contribution in [0.3, 0.4) is 0 Å². The molecule has 1 aliphatic carbocycles. The highest BCUT2D eigenvalue weighted by molar-refractivity contribution is 5.35. The Morgan fingerprint density at radius 1 is 1.50 bits per heavy atom. The third kappa shape index (κ3) is 2.16. The summed E-state index contributed by atoms with van der Waals surface area (Å²) in [5.41, 5.74) is 3.55. The fourth-order valence-corrected chi connectivity index (χ4v) is 2.60. The Hall–Kier alpha value is -1.68. The van der Waals surface area contributed by atoms with Crippen molar-refractivity contribution < 1.29 is 4.39 Å². The number of nitrogens with zero attached hydrogens (tertiary/aromatic N) is 2. The highest BCUT2D eigenvalue weighted by Gasteiger charge is 2.22. The molecule has 3 nitrogen and oxygen atoms in total. The topological polar surface area (TPSA) is 29.9 Å². The maximum Gasteiger partial charge on any atom is 0.123 e. The number of aromatic nitrogens is 2. The minimum absolute atomic E-state index is 0.137. The molecule has 1 N–H and O–H groups in total. The molecule has 1 unspecified atom stereocenters. The summed E-state index contributed by atoms with van der Waals surface area (Å²) in [6.07, 6.45) is 5.87. The van der Waals surface area contributed by atoms with Crippen LogP contribution in [0, 0.1) is 5.82 Å². The lowest BCUT2D eigenvalue weighted by molar-refractivity contribution is 0.530. The highest BCUT2D eigenvalue weighted by Crippen LogP contribution is 2.31. The fraction of sp³-hybridized carbons (Fsp3) is 0.357. The lowest BCUT2D eigenvalue weighted by atomic mass is 10.1. The number of nitrogens with one attached hydrogen (secondary N) is 1. The van der Waals surface area contributed by atoms with Crippen LogP contribution in [-0.2, 0) is 20.0 Å². The van der Waals surface area contributed by atoms with Gasteiger partial charge in [0.2, 0.25) is 0 Å². The SMILES string of the molecule is Cn1cc(CNC2CCc3cc(F)ccc32)cn1. The molecule has 3 rings (SSSR count). The summed E-state index contributed by atoms with van der Waals surface area (Å²) in [4.78, 5) is 0. The van der Waals surface area contributed by atoms with Gasteiger partial charge in [-0.3, -0.25) is 4.68 Å². The van der Waals surface area contributed by atoms with Crippen molar-refractivity contribution in [2.45, 2.75) is 25.4 Å². The Balaban J connectivity index is 1.69. The predicted molar refractivity (Wildman–Crippen MR) is 67.5 cm³/mol. The number of aryl methyl sites for hydroxylation is 2. The molecule has 18 heavy (non-hydrogen) atoms. The van der Waals surface area contributed by atoms with Crippen molar-refractivity contribution in [2.24, 2.45) is 7.05 Å². The molecule has 2 aromatic rings. The summed E-state index contributed by atoms with van der Waals surface area (Å²) in [5.74, 6) is -0.137. The molecule has 0 aliphatic heterocycles. The number of benzene rings is 1. The maximum atomic E-state index is 13.1. The average Bonchev–Trinajstić information content (AvgIpc) is 2.92. The van der Waals surface area contributed by atoms with Crippen molar-refractivity contribution in [2.75, 3.05) is 0 Å². The Morgan fingerprint density at radius 2 is 2.39 bits per heavy atom. The number of fused-ring (bicyclic) bond motifs is 1. The van der Waals surface area contributed by atoms with Crippen molar-refractivity contribution in [3.63, 3.8) is 0 Å². The smallest absolute Gasteiger partial charge is 0.123 e. The molecule has 1 aromatic carbocycles. The first-order chi connectivity index (χ1) is 8.72. The molecule has 0 saturated heterocycles. The van der Waals surface area contributed by atoms with Gasteiger partial charge in [-0.25, -0.2) is 4.39 Å². The van der Waals surface area contributed by atoms with E-state index in [4.69, 9.17) is 0 Å². The van der Waals surface area contributed by atoms with Crippen LogP contribution in [0.1, 0.15) is 29.2 Å². The van der Waals surface area contributed by atoms with E-state index in [-0.39, 0.29) is 5.82 Å². The number of hydrogen-bond donors (Lipinski definition) is 1. The van der Waals surface area contributed by atoms with Gasteiger partial charge in [-0.15, -0.1) is 0 Å². The summed E-state index contributed by atoms with van der Waals surface area (Å²) >= 11 is 0. The van der Waals surface area contributed by atoms with E-state index in [1.807, 2.05) is 25.5 Å². The summed E-state index contributed by atoms with van der Waals surface area (Å²) in [5, 5.41) is 7.66. The van der Waals surface area contributed by atoms with Crippen LogP contribution in [0.2, 0.25) is 0 Å². The third-order valence-corrected chi connectivity index (χ3v) is 3.49. The van der Waals surface area contributed by atoms with Crippen LogP contribution in [0.4, 0.5) is 4.39 Å². The lowest BCUT2D eigenvalue weighted by Crippen LogP contribution is -2.18. The van der Waals surface area contributed by atoms with Crippen molar-refractivity contribution in [3.05, 3.63) is 53.1 Å². The zero-order valence-electron chi connectivity index (χ0n) is 10.4. The van der Waals surface area contributed by atoms with Crippen LogP contribution in [0.15, 0.2) is 30.6 Å². The van der Waals surface area contributed by atoms with Gasteiger partial charge in [0.05, 0.1) is 6.20 Å². The van der Waals surface area contributed by atoms with Crippen molar-refractivity contribution >= 4 is 0 Å². The van der Waals surface area contributed by atoms with Gasteiger partial charge in [0.1, 0.15) is 5.82 Å². The molecule has 1 aromatic heterocycles. The van der Waals surface area contributed by atoms with E-state index in [2.05, 4.69) is 10.4 Å². The second-order valence-corrected chi connectivity index (χ2v) is 4.84. The summed E-state index contributed by atoms with van der Waals surface area (Å²) in [7, 11) is 1.91. The van der Waals surface area contributed by atoms with Gasteiger partial charge in [-0.05, 0) is 36.1 Å². The van der Waals surface area contributed by atoms with Crippen LogP contribution in [-0.4, -0.2) is 9.78 Å².